The molecule has 0 aliphatic carbocycles. The standard InChI is InChI=1S/C21H26N2O3/c1-4-5-11-22-21(25)17-7-6-8-18(13-17)23-20(24)14-26-19-10-9-15(2)16(3)12-19/h6-10,12-13H,4-5,11,14H2,1-3H3,(H,22,25)(H,23,24). The fourth-order valence-corrected chi connectivity index (χ4v) is 2.37. The molecule has 2 aromatic carbocycles. The van der Waals surface area contributed by atoms with Crippen molar-refractivity contribution in [1.29, 1.82) is 0 Å². The molecule has 0 unspecified atom stereocenters. The molecule has 0 spiro atoms. The van der Waals surface area contributed by atoms with Crippen LogP contribution in [0.1, 0.15) is 41.3 Å². The van der Waals surface area contributed by atoms with Gasteiger partial charge in [0.05, 0.1) is 0 Å². The second-order valence-electron chi connectivity index (χ2n) is 6.27. The molecular formula is C21H26N2O3. The van der Waals surface area contributed by atoms with Crippen molar-refractivity contribution in [2.75, 3.05) is 18.5 Å². The molecule has 0 bridgehead atoms. The van der Waals surface area contributed by atoms with Crippen LogP contribution in [0, 0.1) is 13.8 Å². The van der Waals surface area contributed by atoms with E-state index >= 15 is 0 Å². The van der Waals surface area contributed by atoms with Gasteiger partial charge >= 0.3 is 0 Å². The van der Waals surface area contributed by atoms with Gasteiger partial charge in [-0.05, 0) is 61.7 Å². The van der Waals surface area contributed by atoms with Gasteiger partial charge < -0.3 is 15.4 Å². The maximum absolute atomic E-state index is 12.1. The van der Waals surface area contributed by atoms with Crippen LogP contribution in [-0.2, 0) is 4.79 Å². The van der Waals surface area contributed by atoms with Gasteiger partial charge in [0, 0.05) is 17.8 Å². The third-order valence-electron chi connectivity index (χ3n) is 4.07. The molecule has 0 atom stereocenters. The summed E-state index contributed by atoms with van der Waals surface area (Å²) >= 11 is 0. The van der Waals surface area contributed by atoms with Crippen molar-refractivity contribution in [2.24, 2.45) is 0 Å². The maximum atomic E-state index is 12.1. The number of hydrogen-bond donors (Lipinski definition) is 2. The van der Waals surface area contributed by atoms with Crippen LogP contribution in [0.2, 0.25) is 0 Å². The van der Waals surface area contributed by atoms with E-state index in [9.17, 15) is 9.59 Å². The summed E-state index contributed by atoms with van der Waals surface area (Å²) in [7, 11) is 0. The lowest BCUT2D eigenvalue weighted by molar-refractivity contribution is -0.118. The molecule has 0 aliphatic heterocycles. The molecule has 2 rings (SSSR count). The number of rotatable bonds is 8. The van der Waals surface area contributed by atoms with Gasteiger partial charge in [0.15, 0.2) is 6.61 Å². The predicted molar refractivity (Wildman–Crippen MR) is 104 cm³/mol. The zero-order valence-corrected chi connectivity index (χ0v) is 15.6. The fraction of sp³-hybridized carbons (Fsp3) is 0.333. The average molecular weight is 354 g/mol. The van der Waals surface area contributed by atoms with Crippen LogP contribution < -0.4 is 15.4 Å². The highest BCUT2D eigenvalue weighted by Gasteiger charge is 2.08. The second kappa shape index (κ2) is 9.61. The highest BCUT2D eigenvalue weighted by atomic mass is 16.5. The lowest BCUT2D eigenvalue weighted by Gasteiger charge is -2.10. The number of hydrogen-bond acceptors (Lipinski definition) is 3. The van der Waals surface area contributed by atoms with Gasteiger partial charge in [0.25, 0.3) is 11.8 Å². The van der Waals surface area contributed by atoms with E-state index in [1.54, 1.807) is 24.3 Å². The predicted octanol–water partition coefficient (Wildman–Crippen LogP) is 3.85. The van der Waals surface area contributed by atoms with Crippen molar-refractivity contribution < 1.29 is 14.3 Å². The lowest BCUT2D eigenvalue weighted by Crippen LogP contribution is -2.25. The first-order valence-electron chi connectivity index (χ1n) is 8.87. The third-order valence-corrected chi connectivity index (χ3v) is 4.07. The molecule has 2 aromatic rings. The summed E-state index contributed by atoms with van der Waals surface area (Å²) in [6, 6.07) is 12.6. The molecule has 0 heterocycles. The average Bonchev–Trinajstić information content (AvgIpc) is 2.63. The van der Waals surface area contributed by atoms with Gasteiger partial charge in [-0.25, -0.2) is 0 Å². The molecule has 5 nitrogen and oxygen atoms in total. The van der Waals surface area contributed by atoms with E-state index in [2.05, 4.69) is 17.6 Å². The Hall–Kier alpha value is -2.82. The van der Waals surface area contributed by atoms with Crippen LogP contribution in [0.25, 0.3) is 0 Å². The number of unbranched alkanes of at least 4 members (excludes halogenated alkanes) is 1. The van der Waals surface area contributed by atoms with Crippen molar-refractivity contribution in [3.63, 3.8) is 0 Å². The summed E-state index contributed by atoms with van der Waals surface area (Å²) in [6.07, 6.45) is 1.97. The van der Waals surface area contributed by atoms with Crippen LogP contribution in [0.3, 0.4) is 0 Å². The van der Waals surface area contributed by atoms with E-state index in [4.69, 9.17) is 4.74 Å². The van der Waals surface area contributed by atoms with Crippen LogP contribution in [-0.4, -0.2) is 25.0 Å². The SMILES string of the molecule is CCCCNC(=O)c1cccc(NC(=O)COc2ccc(C)c(C)c2)c1. The Morgan fingerprint density at radius 2 is 1.85 bits per heavy atom. The first-order valence-corrected chi connectivity index (χ1v) is 8.87. The fourth-order valence-electron chi connectivity index (χ4n) is 2.37. The molecule has 0 aromatic heterocycles. The van der Waals surface area contributed by atoms with Gasteiger partial charge in [-0.15, -0.1) is 0 Å². The molecular weight excluding hydrogens is 328 g/mol. The molecule has 0 fully saturated rings. The largest absolute Gasteiger partial charge is 0.484 e. The maximum Gasteiger partial charge on any atom is 0.262 e. The minimum atomic E-state index is -0.272. The van der Waals surface area contributed by atoms with Crippen molar-refractivity contribution in [3.05, 3.63) is 59.2 Å². The number of aryl methyl sites for hydroxylation is 2. The van der Waals surface area contributed by atoms with E-state index in [1.165, 1.54) is 5.56 Å². The van der Waals surface area contributed by atoms with Crippen molar-refractivity contribution in [3.8, 4) is 5.75 Å². The number of benzene rings is 2. The Kier molecular flexibility index (Phi) is 7.21. The molecule has 0 saturated heterocycles. The first-order chi connectivity index (χ1) is 12.5. The number of carbonyl (C=O) groups excluding carboxylic acids is 2. The Morgan fingerprint density at radius 1 is 1.04 bits per heavy atom. The molecule has 2 amide bonds. The van der Waals surface area contributed by atoms with E-state index in [0.717, 1.165) is 18.4 Å². The number of amides is 2. The van der Waals surface area contributed by atoms with Gasteiger partial charge in [-0.2, -0.15) is 0 Å². The number of carbonyl (C=O) groups is 2. The summed E-state index contributed by atoms with van der Waals surface area (Å²) in [5, 5.41) is 5.62. The highest BCUT2D eigenvalue weighted by Crippen LogP contribution is 2.16. The third kappa shape index (κ3) is 5.92. The zero-order chi connectivity index (χ0) is 18.9. The molecule has 5 heteroatoms. The Bertz CT molecular complexity index is 772. The van der Waals surface area contributed by atoms with E-state index < -0.39 is 0 Å². The van der Waals surface area contributed by atoms with Crippen LogP contribution in [0.4, 0.5) is 5.69 Å². The minimum Gasteiger partial charge on any atom is -0.484 e. The summed E-state index contributed by atoms with van der Waals surface area (Å²) in [4.78, 5) is 24.2. The molecule has 2 N–H and O–H groups in total. The lowest BCUT2D eigenvalue weighted by atomic mass is 10.1. The molecule has 26 heavy (non-hydrogen) atoms. The first kappa shape index (κ1) is 19.5. The molecule has 0 radical (unpaired) electrons. The molecule has 138 valence electrons. The van der Waals surface area contributed by atoms with E-state index in [1.807, 2.05) is 32.0 Å². The van der Waals surface area contributed by atoms with E-state index in [-0.39, 0.29) is 18.4 Å². The Labute approximate surface area is 154 Å². The van der Waals surface area contributed by atoms with Crippen LogP contribution >= 0.6 is 0 Å². The van der Waals surface area contributed by atoms with Gasteiger partial charge in [-0.3, -0.25) is 9.59 Å². The topological polar surface area (TPSA) is 67.4 Å². The van der Waals surface area contributed by atoms with Crippen molar-refractivity contribution in [2.45, 2.75) is 33.6 Å². The highest BCUT2D eigenvalue weighted by molar-refractivity contribution is 5.97. The molecule has 0 aliphatic rings. The summed E-state index contributed by atoms with van der Waals surface area (Å²) in [6.45, 7) is 6.66. The van der Waals surface area contributed by atoms with Gasteiger partial charge in [0.1, 0.15) is 5.75 Å². The monoisotopic (exact) mass is 354 g/mol. The normalized spacial score (nSPS) is 10.3. The summed E-state index contributed by atoms with van der Waals surface area (Å²) < 4.78 is 5.53. The minimum absolute atomic E-state index is 0.0879. The van der Waals surface area contributed by atoms with Crippen molar-refractivity contribution in [1.82, 2.24) is 5.32 Å². The van der Waals surface area contributed by atoms with Crippen LogP contribution in [0.15, 0.2) is 42.5 Å². The number of anilines is 1. The van der Waals surface area contributed by atoms with Crippen molar-refractivity contribution >= 4 is 17.5 Å². The van der Waals surface area contributed by atoms with Gasteiger partial charge in [0.2, 0.25) is 0 Å². The Morgan fingerprint density at radius 3 is 2.58 bits per heavy atom. The smallest absolute Gasteiger partial charge is 0.262 e. The number of nitrogens with one attached hydrogen (secondary N) is 2. The summed E-state index contributed by atoms with van der Waals surface area (Å²) in [5.74, 6) is 0.250. The second-order valence-corrected chi connectivity index (χ2v) is 6.27. The van der Waals surface area contributed by atoms with E-state index in [0.29, 0.717) is 23.5 Å². The van der Waals surface area contributed by atoms with Gasteiger partial charge in [-0.1, -0.05) is 25.5 Å². The van der Waals surface area contributed by atoms with Crippen LogP contribution in [0.5, 0.6) is 5.75 Å². The Balaban J connectivity index is 1.89. The number of ether oxygens (including phenoxy) is 1. The zero-order valence-electron chi connectivity index (χ0n) is 15.6. The summed E-state index contributed by atoms with van der Waals surface area (Å²) in [5.41, 5.74) is 3.39. The quantitative estimate of drug-likeness (QED) is 0.708. The molecule has 0 saturated carbocycles.